The van der Waals surface area contributed by atoms with E-state index < -0.39 is 7.82 Å². The summed E-state index contributed by atoms with van der Waals surface area (Å²) in [5.74, 6) is 1.23. The summed E-state index contributed by atoms with van der Waals surface area (Å²) in [5.41, 5.74) is 0. The van der Waals surface area contributed by atoms with Crippen molar-refractivity contribution in [3.05, 3.63) is 164 Å². The van der Waals surface area contributed by atoms with Gasteiger partial charge in [-0.1, -0.05) is 109 Å². The minimum absolute atomic E-state index is 0.410. The van der Waals surface area contributed by atoms with Gasteiger partial charge in [0.15, 0.2) is 0 Å². The van der Waals surface area contributed by atoms with Crippen LogP contribution in [-0.2, 0) is 4.57 Å². The molecule has 224 valence electrons. The maximum atomic E-state index is 15.2. The van der Waals surface area contributed by atoms with Crippen LogP contribution in [0.2, 0.25) is 0 Å². The number of phosphoric acid groups is 1. The first-order valence-corrected chi connectivity index (χ1v) is 17.0. The Labute approximate surface area is 271 Å². The fourth-order valence-corrected chi connectivity index (χ4v) is 7.78. The van der Waals surface area contributed by atoms with E-state index >= 15 is 4.57 Å². The molecule has 0 aliphatic heterocycles. The van der Waals surface area contributed by atoms with Gasteiger partial charge in [-0.05, 0) is 103 Å². The quantitative estimate of drug-likeness (QED) is 0.136. The van der Waals surface area contributed by atoms with Gasteiger partial charge in [-0.3, -0.25) is 0 Å². The molecule has 0 atom stereocenters. The van der Waals surface area contributed by atoms with E-state index in [0.717, 1.165) is 64.6 Å². The van der Waals surface area contributed by atoms with Crippen molar-refractivity contribution in [1.29, 1.82) is 0 Å². The highest BCUT2D eigenvalue weighted by atomic mass is 31.2. The number of rotatable bonds is 6. The Balaban J connectivity index is 1.21. The van der Waals surface area contributed by atoms with Gasteiger partial charge in [-0.25, -0.2) is 0 Å². The van der Waals surface area contributed by atoms with Gasteiger partial charge in [0.1, 0.15) is 17.2 Å². The van der Waals surface area contributed by atoms with Gasteiger partial charge in [0.2, 0.25) is 0 Å². The molecule has 0 bridgehead atoms. The molecule has 0 radical (unpaired) electrons. The molecule has 0 saturated heterocycles. The molecular formula is C42H27O4P. The second kappa shape index (κ2) is 10.9. The van der Waals surface area contributed by atoms with Crippen LogP contribution in [0.4, 0.5) is 0 Å². The van der Waals surface area contributed by atoms with Crippen molar-refractivity contribution in [2.45, 2.75) is 0 Å². The van der Waals surface area contributed by atoms with E-state index in [4.69, 9.17) is 13.6 Å². The van der Waals surface area contributed by atoms with Crippen molar-refractivity contribution in [2.75, 3.05) is 0 Å². The molecule has 4 nitrogen and oxygen atoms in total. The summed E-state index contributed by atoms with van der Waals surface area (Å²) < 4.78 is 34.5. The highest BCUT2D eigenvalue weighted by molar-refractivity contribution is 7.49. The molecule has 0 fully saturated rings. The van der Waals surface area contributed by atoms with Gasteiger partial charge in [0, 0.05) is 16.2 Å². The fourth-order valence-electron chi connectivity index (χ4n) is 6.47. The number of benzene rings is 9. The summed E-state index contributed by atoms with van der Waals surface area (Å²) in [4.78, 5) is 0. The highest BCUT2D eigenvalue weighted by Crippen LogP contribution is 2.53. The minimum Gasteiger partial charge on any atom is -0.385 e. The van der Waals surface area contributed by atoms with Gasteiger partial charge in [-0.2, -0.15) is 4.57 Å². The van der Waals surface area contributed by atoms with Gasteiger partial charge < -0.3 is 13.6 Å². The van der Waals surface area contributed by atoms with Gasteiger partial charge in [0.05, 0.1) is 0 Å². The molecule has 9 aromatic carbocycles. The molecule has 47 heavy (non-hydrogen) atoms. The molecule has 0 unspecified atom stereocenters. The lowest BCUT2D eigenvalue weighted by atomic mass is 10.0. The molecule has 0 heterocycles. The first kappa shape index (κ1) is 27.5. The van der Waals surface area contributed by atoms with Gasteiger partial charge in [0.25, 0.3) is 0 Å². The molecule has 0 amide bonds. The lowest BCUT2D eigenvalue weighted by Crippen LogP contribution is -2.08. The molecule has 9 rings (SSSR count). The molecule has 0 aliphatic carbocycles. The van der Waals surface area contributed by atoms with E-state index in [1.165, 1.54) is 0 Å². The van der Waals surface area contributed by atoms with Crippen molar-refractivity contribution < 1.29 is 18.1 Å². The summed E-state index contributed by atoms with van der Waals surface area (Å²) >= 11 is 0. The van der Waals surface area contributed by atoms with Crippen LogP contribution >= 0.6 is 7.82 Å². The van der Waals surface area contributed by atoms with E-state index in [1.807, 2.05) is 91.0 Å². The van der Waals surface area contributed by atoms with Crippen molar-refractivity contribution in [3.63, 3.8) is 0 Å². The second-order valence-corrected chi connectivity index (χ2v) is 13.2. The zero-order chi connectivity index (χ0) is 31.4. The molecule has 0 aromatic heterocycles. The maximum absolute atomic E-state index is 15.2. The standard InChI is InChI=1S/C42H27O4P/c43-47(44-40-19-7-16-34-22-28-10-1-4-13-31(28)25-37(34)40,45-41-20-8-17-35-23-29-11-2-5-14-32(29)26-38(35)41)46-42-21-9-18-36-24-30-12-3-6-15-33(30)27-39(36)42/h1-27H. The first-order chi connectivity index (χ1) is 23.1. The Bertz CT molecular complexity index is 2420. The van der Waals surface area contributed by atoms with E-state index in [2.05, 4.69) is 72.8 Å². The van der Waals surface area contributed by atoms with Gasteiger partial charge >= 0.3 is 7.82 Å². The third-order valence-electron chi connectivity index (χ3n) is 8.75. The largest absolute Gasteiger partial charge is 0.647 e. The van der Waals surface area contributed by atoms with Crippen molar-refractivity contribution in [2.24, 2.45) is 0 Å². The fraction of sp³-hybridized carbons (Fsp3) is 0. The first-order valence-electron chi connectivity index (χ1n) is 15.5. The number of fused-ring (bicyclic) bond motifs is 6. The van der Waals surface area contributed by atoms with Crippen molar-refractivity contribution in [3.8, 4) is 17.2 Å². The molecule has 5 heteroatoms. The van der Waals surface area contributed by atoms with Crippen LogP contribution in [-0.4, -0.2) is 0 Å². The van der Waals surface area contributed by atoms with Crippen LogP contribution in [0.15, 0.2) is 164 Å². The minimum atomic E-state index is -4.38. The molecule has 0 aliphatic rings. The zero-order valence-electron chi connectivity index (χ0n) is 25.2. The molecule has 9 aromatic rings. The summed E-state index contributed by atoms with van der Waals surface area (Å²) in [6.45, 7) is 0. The highest BCUT2D eigenvalue weighted by Gasteiger charge is 2.35. The lowest BCUT2D eigenvalue weighted by molar-refractivity contribution is 0.302. The molecule has 0 N–H and O–H groups in total. The van der Waals surface area contributed by atoms with E-state index in [0.29, 0.717) is 17.2 Å². The lowest BCUT2D eigenvalue weighted by Gasteiger charge is -2.22. The predicted molar refractivity (Wildman–Crippen MR) is 194 cm³/mol. The van der Waals surface area contributed by atoms with E-state index in [-0.39, 0.29) is 0 Å². The van der Waals surface area contributed by atoms with Crippen LogP contribution in [0, 0.1) is 0 Å². The van der Waals surface area contributed by atoms with Crippen molar-refractivity contribution >= 4 is 72.5 Å². The summed E-state index contributed by atoms with van der Waals surface area (Å²) in [7, 11) is -4.38. The number of hydrogen-bond acceptors (Lipinski definition) is 4. The summed E-state index contributed by atoms with van der Waals surface area (Å²) in [6, 6.07) is 54.1. The van der Waals surface area contributed by atoms with Crippen LogP contribution in [0.3, 0.4) is 0 Å². The molecular weight excluding hydrogens is 599 g/mol. The average Bonchev–Trinajstić information content (AvgIpc) is 3.09. The van der Waals surface area contributed by atoms with E-state index in [9.17, 15) is 0 Å². The third-order valence-corrected chi connectivity index (χ3v) is 10.0. The second-order valence-electron chi connectivity index (χ2n) is 11.8. The average molecular weight is 627 g/mol. The Morgan fingerprint density at radius 3 is 0.851 bits per heavy atom. The van der Waals surface area contributed by atoms with Crippen LogP contribution in [0.5, 0.6) is 17.2 Å². The monoisotopic (exact) mass is 626 g/mol. The van der Waals surface area contributed by atoms with Crippen LogP contribution < -0.4 is 13.6 Å². The molecule has 0 saturated carbocycles. The SMILES string of the molecule is O=P(Oc1cccc2cc3ccccc3cc12)(Oc1cccc2cc3ccccc3cc12)Oc1cccc2cc3ccccc3cc12. The maximum Gasteiger partial charge on any atom is 0.647 e. The topological polar surface area (TPSA) is 44.8 Å². The third kappa shape index (κ3) is 5.00. The Morgan fingerprint density at radius 2 is 0.553 bits per heavy atom. The zero-order valence-corrected chi connectivity index (χ0v) is 26.1. The van der Waals surface area contributed by atoms with Crippen molar-refractivity contribution in [1.82, 2.24) is 0 Å². The number of phosphoric ester groups is 1. The van der Waals surface area contributed by atoms with Crippen LogP contribution in [0.1, 0.15) is 0 Å². The van der Waals surface area contributed by atoms with Crippen LogP contribution in [0.25, 0.3) is 64.6 Å². The summed E-state index contributed by atoms with van der Waals surface area (Å²) in [5, 5.41) is 11.8. The Hall–Kier alpha value is -5.83. The Morgan fingerprint density at radius 1 is 0.298 bits per heavy atom. The predicted octanol–water partition coefficient (Wildman–Crippen LogP) is 12.3. The molecule has 0 spiro atoms. The Kier molecular flexibility index (Phi) is 6.38. The summed E-state index contributed by atoms with van der Waals surface area (Å²) in [6.07, 6.45) is 0. The van der Waals surface area contributed by atoms with Gasteiger partial charge in [-0.15, -0.1) is 0 Å². The normalized spacial score (nSPS) is 11.9. The number of hydrogen-bond donors (Lipinski definition) is 0. The smallest absolute Gasteiger partial charge is 0.385 e. The van der Waals surface area contributed by atoms with E-state index in [1.54, 1.807) is 0 Å².